The van der Waals surface area contributed by atoms with Crippen molar-refractivity contribution < 1.29 is 22.7 Å². The first kappa shape index (κ1) is 24.1. The van der Waals surface area contributed by atoms with Crippen molar-refractivity contribution in [2.75, 3.05) is 33.9 Å². The van der Waals surface area contributed by atoms with E-state index in [4.69, 9.17) is 9.47 Å². The van der Waals surface area contributed by atoms with E-state index in [2.05, 4.69) is 15.6 Å². The van der Waals surface area contributed by atoms with Crippen LogP contribution in [0, 0.1) is 5.92 Å². The second kappa shape index (κ2) is 10.5. The predicted molar refractivity (Wildman–Crippen MR) is 126 cm³/mol. The second-order valence-electron chi connectivity index (χ2n) is 8.19. The number of carbonyl (C=O) groups is 1. The molecular weight excluding hydrogens is 458 g/mol. The minimum Gasteiger partial charge on any atom is -0.496 e. The molecule has 0 spiro atoms. The molecule has 1 amide bonds. The van der Waals surface area contributed by atoms with Gasteiger partial charge >= 0.3 is 0 Å². The maximum absolute atomic E-state index is 13.3. The topological polar surface area (TPSA) is 116 Å². The number of aromatic nitrogens is 3. The Balaban J connectivity index is 1.44. The number of hydrogen-bond donors (Lipinski definition) is 1. The Morgan fingerprint density at radius 2 is 2.03 bits per heavy atom. The fourth-order valence-corrected chi connectivity index (χ4v) is 5.70. The smallest absolute Gasteiger partial charge is 0.243 e. The van der Waals surface area contributed by atoms with Crippen molar-refractivity contribution in [2.24, 2.45) is 5.92 Å². The number of nitrogens with zero attached hydrogens (tertiary/aromatic N) is 4. The number of benzene rings is 2. The zero-order valence-electron chi connectivity index (χ0n) is 19.3. The van der Waals surface area contributed by atoms with Crippen LogP contribution in [0.5, 0.6) is 5.75 Å². The lowest BCUT2D eigenvalue weighted by atomic mass is 9.98. The number of sulfonamides is 1. The van der Waals surface area contributed by atoms with Crippen LogP contribution < -0.4 is 10.1 Å². The number of fused-ring (bicyclic) bond motifs is 1. The third kappa shape index (κ3) is 5.06. The first-order valence-corrected chi connectivity index (χ1v) is 12.6. The van der Waals surface area contributed by atoms with Crippen molar-refractivity contribution >= 4 is 27.0 Å². The van der Waals surface area contributed by atoms with E-state index in [-0.39, 0.29) is 17.3 Å². The molecule has 1 N–H and O–H groups in total. The quantitative estimate of drug-likeness (QED) is 0.489. The van der Waals surface area contributed by atoms with Gasteiger partial charge in [-0.1, -0.05) is 23.4 Å². The van der Waals surface area contributed by atoms with E-state index >= 15 is 0 Å². The van der Waals surface area contributed by atoms with Crippen molar-refractivity contribution in [1.29, 1.82) is 0 Å². The summed E-state index contributed by atoms with van der Waals surface area (Å²) in [4.78, 5) is 13.0. The molecule has 1 unspecified atom stereocenters. The predicted octanol–water partition coefficient (Wildman–Crippen LogP) is 1.80. The molecule has 1 aliphatic rings. The Hall–Kier alpha value is -3.02. The van der Waals surface area contributed by atoms with Crippen LogP contribution in [0.15, 0.2) is 47.4 Å². The van der Waals surface area contributed by atoms with Gasteiger partial charge in [0.05, 0.1) is 36.6 Å². The van der Waals surface area contributed by atoms with Crippen molar-refractivity contribution in [3.05, 3.63) is 48.0 Å². The first-order valence-electron chi connectivity index (χ1n) is 11.2. The SMILES string of the molecule is COCCn1nnc2cc(S(=O)(=O)N3CCCC(C(=O)NCc4ccccc4OC)C3)ccc21. The Morgan fingerprint density at radius 1 is 1.21 bits per heavy atom. The summed E-state index contributed by atoms with van der Waals surface area (Å²) in [5.74, 6) is 0.115. The van der Waals surface area contributed by atoms with E-state index in [0.717, 1.165) is 11.1 Å². The molecule has 1 atom stereocenters. The third-order valence-electron chi connectivity index (χ3n) is 6.03. The highest BCUT2D eigenvalue weighted by atomic mass is 32.2. The molecule has 0 saturated carbocycles. The highest BCUT2D eigenvalue weighted by Gasteiger charge is 2.33. The molecule has 1 aromatic heterocycles. The van der Waals surface area contributed by atoms with Gasteiger partial charge in [-0.05, 0) is 37.1 Å². The third-order valence-corrected chi connectivity index (χ3v) is 7.89. The molecule has 2 aromatic carbocycles. The molecule has 11 heteroatoms. The van der Waals surface area contributed by atoms with Crippen molar-refractivity contribution in [2.45, 2.75) is 30.8 Å². The number of nitrogens with one attached hydrogen (secondary N) is 1. The fourth-order valence-electron chi connectivity index (χ4n) is 4.15. The number of carbonyl (C=O) groups excluding carboxylic acids is 1. The monoisotopic (exact) mass is 487 g/mol. The summed E-state index contributed by atoms with van der Waals surface area (Å²) in [6.45, 7) is 1.83. The van der Waals surface area contributed by atoms with E-state index in [1.165, 1.54) is 10.4 Å². The Morgan fingerprint density at radius 3 is 2.82 bits per heavy atom. The Bertz CT molecular complexity index is 1260. The van der Waals surface area contributed by atoms with Gasteiger partial charge in [0.15, 0.2) is 0 Å². The number of amides is 1. The number of piperidine rings is 1. The molecule has 4 rings (SSSR count). The molecule has 0 bridgehead atoms. The van der Waals surface area contributed by atoms with E-state index in [1.807, 2.05) is 24.3 Å². The summed E-state index contributed by atoms with van der Waals surface area (Å²) in [5, 5.41) is 11.1. The van der Waals surface area contributed by atoms with Gasteiger partial charge in [-0.25, -0.2) is 13.1 Å². The number of ether oxygens (including phenoxy) is 2. The molecule has 1 aliphatic heterocycles. The van der Waals surface area contributed by atoms with Crippen molar-refractivity contribution in [1.82, 2.24) is 24.6 Å². The van der Waals surface area contributed by atoms with Gasteiger partial charge in [0.2, 0.25) is 15.9 Å². The molecule has 3 aromatic rings. The number of para-hydroxylation sites is 1. The lowest BCUT2D eigenvalue weighted by molar-refractivity contribution is -0.126. The average molecular weight is 488 g/mol. The molecule has 0 aliphatic carbocycles. The van der Waals surface area contributed by atoms with E-state index in [0.29, 0.717) is 50.3 Å². The summed E-state index contributed by atoms with van der Waals surface area (Å²) >= 11 is 0. The van der Waals surface area contributed by atoms with Gasteiger partial charge < -0.3 is 14.8 Å². The van der Waals surface area contributed by atoms with Gasteiger partial charge in [0.1, 0.15) is 11.3 Å². The summed E-state index contributed by atoms with van der Waals surface area (Å²) in [5.41, 5.74) is 2.11. The van der Waals surface area contributed by atoms with Crippen LogP contribution in [0.3, 0.4) is 0 Å². The molecular formula is C23H29N5O5S. The van der Waals surface area contributed by atoms with E-state index in [9.17, 15) is 13.2 Å². The summed E-state index contributed by atoms with van der Waals surface area (Å²) in [6, 6.07) is 12.3. The van der Waals surface area contributed by atoms with Gasteiger partial charge in [0, 0.05) is 32.3 Å². The minimum absolute atomic E-state index is 0.138. The average Bonchev–Trinajstić information content (AvgIpc) is 3.28. The molecule has 1 saturated heterocycles. The maximum atomic E-state index is 13.3. The van der Waals surface area contributed by atoms with Crippen LogP contribution >= 0.6 is 0 Å². The lowest BCUT2D eigenvalue weighted by Crippen LogP contribution is -2.45. The van der Waals surface area contributed by atoms with E-state index < -0.39 is 15.9 Å². The molecule has 182 valence electrons. The highest BCUT2D eigenvalue weighted by molar-refractivity contribution is 7.89. The molecule has 2 heterocycles. The fraction of sp³-hybridized carbons (Fsp3) is 0.435. The Labute approximate surface area is 198 Å². The van der Waals surface area contributed by atoms with Crippen molar-refractivity contribution in [3.63, 3.8) is 0 Å². The second-order valence-corrected chi connectivity index (χ2v) is 10.1. The summed E-state index contributed by atoms with van der Waals surface area (Å²) in [7, 11) is -0.583. The molecule has 1 fully saturated rings. The minimum atomic E-state index is -3.77. The maximum Gasteiger partial charge on any atom is 0.243 e. The largest absolute Gasteiger partial charge is 0.496 e. The number of hydrogen-bond acceptors (Lipinski definition) is 7. The number of rotatable bonds is 9. The Kier molecular flexibility index (Phi) is 7.44. The van der Waals surface area contributed by atoms with E-state index in [1.54, 1.807) is 31.0 Å². The summed E-state index contributed by atoms with van der Waals surface area (Å²) in [6.07, 6.45) is 1.25. The van der Waals surface area contributed by atoms with Crippen LogP contribution in [0.4, 0.5) is 0 Å². The van der Waals surface area contributed by atoms with Crippen LogP contribution in [0.25, 0.3) is 11.0 Å². The standard InChI is InChI=1S/C23H29N5O5S/c1-32-13-12-28-21-10-9-19(14-20(21)25-26-28)34(30,31)27-11-5-7-18(16-27)23(29)24-15-17-6-3-4-8-22(17)33-2/h3-4,6,8-10,14,18H,5,7,11-13,15-16H2,1-2H3,(H,24,29). The zero-order valence-corrected chi connectivity index (χ0v) is 20.1. The molecule has 34 heavy (non-hydrogen) atoms. The van der Waals surface area contributed by atoms with Crippen LogP contribution in [0.1, 0.15) is 18.4 Å². The van der Waals surface area contributed by atoms with Crippen molar-refractivity contribution in [3.8, 4) is 5.75 Å². The summed E-state index contributed by atoms with van der Waals surface area (Å²) < 4.78 is 40.2. The van der Waals surface area contributed by atoms with Gasteiger partial charge in [0.25, 0.3) is 0 Å². The van der Waals surface area contributed by atoms with Gasteiger partial charge in [-0.2, -0.15) is 4.31 Å². The number of methoxy groups -OCH3 is 2. The van der Waals surface area contributed by atoms with Gasteiger partial charge in [-0.3, -0.25) is 4.79 Å². The first-order chi connectivity index (χ1) is 16.4. The highest BCUT2D eigenvalue weighted by Crippen LogP contribution is 2.26. The molecule has 10 nitrogen and oxygen atoms in total. The normalized spacial score (nSPS) is 17.1. The molecule has 0 radical (unpaired) electrons. The van der Waals surface area contributed by atoms with Crippen LogP contribution in [-0.2, 0) is 32.6 Å². The zero-order chi connectivity index (χ0) is 24.1. The lowest BCUT2D eigenvalue weighted by Gasteiger charge is -2.31. The van der Waals surface area contributed by atoms with Crippen LogP contribution in [0.2, 0.25) is 0 Å². The van der Waals surface area contributed by atoms with Gasteiger partial charge in [-0.15, -0.1) is 5.10 Å². The van der Waals surface area contributed by atoms with Crippen LogP contribution in [-0.4, -0.2) is 67.5 Å².